The van der Waals surface area contributed by atoms with Gasteiger partial charge in [0, 0.05) is 0 Å². The number of rotatable bonds is 4. The van der Waals surface area contributed by atoms with E-state index in [-0.39, 0.29) is 12.1 Å². The Labute approximate surface area is 71.1 Å². The summed E-state index contributed by atoms with van der Waals surface area (Å²) in [6, 6.07) is 0. The Balaban J connectivity index is 2.19. The van der Waals surface area contributed by atoms with Gasteiger partial charge in [-0.25, -0.2) is 4.79 Å². The first-order valence-corrected chi connectivity index (χ1v) is 3.72. The van der Waals surface area contributed by atoms with Gasteiger partial charge in [0.15, 0.2) is 0 Å². The fourth-order valence-electron chi connectivity index (χ4n) is 0.654. The van der Waals surface area contributed by atoms with Crippen molar-refractivity contribution in [3.63, 3.8) is 0 Å². The van der Waals surface area contributed by atoms with Crippen LogP contribution in [0.2, 0.25) is 0 Å². The smallest absolute Gasteiger partial charge is 0.336 e. The molecule has 1 aliphatic heterocycles. The number of hydrogen-bond acceptors (Lipinski definition) is 4. The van der Waals surface area contributed by atoms with Crippen molar-refractivity contribution in [3.05, 3.63) is 11.8 Å². The van der Waals surface area contributed by atoms with Crippen molar-refractivity contribution in [2.24, 2.45) is 0 Å². The fraction of sp³-hybridized carbons (Fsp3) is 0.625. The first kappa shape index (κ1) is 9.06. The standard InChI is InChI=1S/C8H12O4/c1-6(8(9)10-2)3-11-4-7-5-12-7/h3,7H,4-5H2,1-2H3. The van der Waals surface area contributed by atoms with Gasteiger partial charge >= 0.3 is 5.97 Å². The van der Waals surface area contributed by atoms with E-state index in [2.05, 4.69) is 4.74 Å². The zero-order chi connectivity index (χ0) is 8.97. The highest BCUT2D eigenvalue weighted by molar-refractivity contribution is 5.87. The van der Waals surface area contributed by atoms with E-state index in [1.54, 1.807) is 6.92 Å². The van der Waals surface area contributed by atoms with E-state index < -0.39 is 0 Å². The molecule has 1 saturated heterocycles. The molecule has 12 heavy (non-hydrogen) atoms. The van der Waals surface area contributed by atoms with Gasteiger partial charge in [-0.2, -0.15) is 0 Å². The van der Waals surface area contributed by atoms with Gasteiger partial charge in [0.2, 0.25) is 0 Å². The Bertz CT molecular complexity index is 193. The van der Waals surface area contributed by atoms with Gasteiger partial charge in [0.1, 0.15) is 12.7 Å². The quantitative estimate of drug-likeness (QED) is 0.268. The summed E-state index contributed by atoms with van der Waals surface area (Å²) < 4.78 is 14.4. The highest BCUT2D eigenvalue weighted by Gasteiger charge is 2.22. The lowest BCUT2D eigenvalue weighted by Crippen LogP contribution is -2.03. The summed E-state index contributed by atoms with van der Waals surface area (Å²) in [5, 5.41) is 0. The molecule has 0 aromatic heterocycles. The molecule has 0 N–H and O–H groups in total. The summed E-state index contributed by atoms with van der Waals surface area (Å²) in [5.41, 5.74) is 0.457. The van der Waals surface area contributed by atoms with Crippen LogP contribution in [0.1, 0.15) is 6.92 Å². The van der Waals surface area contributed by atoms with Crippen LogP contribution in [0.25, 0.3) is 0 Å². The second kappa shape index (κ2) is 4.11. The molecule has 1 heterocycles. The summed E-state index contributed by atoms with van der Waals surface area (Å²) in [4.78, 5) is 10.8. The molecule has 0 aliphatic carbocycles. The number of hydrogen-bond donors (Lipinski definition) is 0. The van der Waals surface area contributed by atoms with Crippen LogP contribution < -0.4 is 0 Å². The Morgan fingerprint density at radius 3 is 2.92 bits per heavy atom. The van der Waals surface area contributed by atoms with Gasteiger partial charge in [-0.3, -0.25) is 0 Å². The van der Waals surface area contributed by atoms with Gasteiger partial charge < -0.3 is 14.2 Å². The van der Waals surface area contributed by atoms with E-state index in [9.17, 15) is 4.79 Å². The van der Waals surface area contributed by atoms with Crippen molar-refractivity contribution in [1.29, 1.82) is 0 Å². The zero-order valence-electron chi connectivity index (χ0n) is 7.20. The molecule has 4 nitrogen and oxygen atoms in total. The third kappa shape index (κ3) is 2.92. The first-order chi connectivity index (χ1) is 5.74. The molecule has 0 radical (unpaired) electrons. The highest BCUT2D eigenvalue weighted by Crippen LogP contribution is 2.09. The van der Waals surface area contributed by atoms with Gasteiger partial charge in [-0.1, -0.05) is 0 Å². The minimum Gasteiger partial charge on any atom is -0.498 e. The summed E-state index contributed by atoms with van der Waals surface area (Å²) in [7, 11) is 1.34. The molecule has 1 rings (SSSR count). The van der Waals surface area contributed by atoms with Crippen molar-refractivity contribution in [2.75, 3.05) is 20.3 Å². The van der Waals surface area contributed by atoms with Crippen LogP contribution in [0.15, 0.2) is 11.8 Å². The van der Waals surface area contributed by atoms with Crippen LogP contribution in [-0.2, 0) is 19.0 Å². The van der Waals surface area contributed by atoms with Crippen LogP contribution in [0, 0.1) is 0 Å². The summed E-state index contributed by atoms with van der Waals surface area (Å²) in [5.74, 6) is -0.369. The van der Waals surface area contributed by atoms with Crippen molar-refractivity contribution in [3.8, 4) is 0 Å². The topological polar surface area (TPSA) is 48.1 Å². The van der Waals surface area contributed by atoms with Crippen LogP contribution in [0.5, 0.6) is 0 Å². The van der Waals surface area contributed by atoms with Crippen LogP contribution in [-0.4, -0.2) is 32.4 Å². The lowest BCUT2D eigenvalue weighted by molar-refractivity contribution is -0.136. The largest absolute Gasteiger partial charge is 0.498 e. The Hall–Kier alpha value is -1.03. The molecule has 0 amide bonds. The lowest BCUT2D eigenvalue weighted by atomic mass is 10.3. The Morgan fingerprint density at radius 1 is 1.75 bits per heavy atom. The normalized spacial score (nSPS) is 21.8. The third-order valence-corrected chi connectivity index (χ3v) is 1.45. The number of methoxy groups -OCH3 is 1. The Kier molecular flexibility index (Phi) is 3.10. The van der Waals surface area contributed by atoms with Crippen LogP contribution >= 0.6 is 0 Å². The second-order valence-electron chi connectivity index (χ2n) is 2.58. The molecule has 1 atom stereocenters. The predicted octanol–water partition coefficient (Wildman–Crippen LogP) is 0.479. The molecular weight excluding hydrogens is 160 g/mol. The van der Waals surface area contributed by atoms with Crippen LogP contribution in [0.3, 0.4) is 0 Å². The Morgan fingerprint density at radius 2 is 2.42 bits per heavy atom. The number of ether oxygens (including phenoxy) is 3. The van der Waals surface area contributed by atoms with Crippen molar-refractivity contribution in [1.82, 2.24) is 0 Å². The van der Waals surface area contributed by atoms with E-state index in [1.807, 2.05) is 0 Å². The molecule has 0 spiro atoms. The number of esters is 1. The van der Waals surface area contributed by atoms with Crippen molar-refractivity contribution < 1.29 is 19.0 Å². The fourth-order valence-corrected chi connectivity index (χ4v) is 0.654. The maximum atomic E-state index is 10.8. The molecule has 1 unspecified atom stereocenters. The molecule has 0 saturated carbocycles. The van der Waals surface area contributed by atoms with E-state index in [1.165, 1.54) is 13.4 Å². The highest BCUT2D eigenvalue weighted by atomic mass is 16.6. The molecule has 68 valence electrons. The predicted molar refractivity (Wildman–Crippen MR) is 41.5 cm³/mol. The SMILES string of the molecule is COC(=O)C(C)=COCC1CO1. The van der Waals surface area contributed by atoms with Gasteiger partial charge in [-0.05, 0) is 6.92 Å². The number of carbonyl (C=O) groups is 1. The number of epoxide rings is 1. The summed E-state index contributed by atoms with van der Waals surface area (Å²) in [6.07, 6.45) is 1.61. The van der Waals surface area contributed by atoms with Gasteiger partial charge in [0.05, 0.1) is 25.6 Å². The minimum absolute atomic E-state index is 0.215. The molecule has 1 fully saturated rings. The second-order valence-corrected chi connectivity index (χ2v) is 2.58. The van der Waals surface area contributed by atoms with E-state index >= 15 is 0 Å². The first-order valence-electron chi connectivity index (χ1n) is 3.72. The maximum Gasteiger partial charge on any atom is 0.336 e. The minimum atomic E-state index is -0.369. The van der Waals surface area contributed by atoms with E-state index in [4.69, 9.17) is 9.47 Å². The van der Waals surface area contributed by atoms with E-state index in [0.29, 0.717) is 12.2 Å². The van der Waals surface area contributed by atoms with Crippen molar-refractivity contribution in [2.45, 2.75) is 13.0 Å². The summed E-state index contributed by atoms with van der Waals surface area (Å²) in [6.45, 7) is 2.90. The van der Waals surface area contributed by atoms with Crippen molar-refractivity contribution >= 4 is 5.97 Å². The molecular formula is C8H12O4. The molecule has 4 heteroatoms. The molecule has 0 aromatic rings. The third-order valence-electron chi connectivity index (χ3n) is 1.45. The molecule has 0 bridgehead atoms. The number of carbonyl (C=O) groups excluding carboxylic acids is 1. The van der Waals surface area contributed by atoms with E-state index in [0.717, 1.165) is 6.61 Å². The zero-order valence-corrected chi connectivity index (χ0v) is 7.20. The van der Waals surface area contributed by atoms with Gasteiger partial charge in [0.25, 0.3) is 0 Å². The summed E-state index contributed by atoms with van der Waals surface area (Å²) >= 11 is 0. The average Bonchev–Trinajstić information content (AvgIpc) is 2.86. The van der Waals surface area contributed by atoms with Crippen LogP contribution in [0.4, 0.5) is 0 Å². The lowest BCUT2D eigenvalue weighted by Gasteiger charge is -1.99. The molecule has 0 aromatic carbocycles. The average molecular weight is 172 g/mol. The molecule has 1 aliphatic rings. The monoisotopic (exact) mass is 172 g/mol. The van der Waals surface area contributed by atoms with Gasteiger partial charge in [-0.15, -0.1) is 0 Å². The maximum absolute atomic E-state index is 10.8.